The van der Waals surface area contributed by atoms with E-state index in [1.54, 1.807) is 27.7 Å². The molecule has 7 heteroatoms. The van der Waals surface area contributed by atoms with E-state index in [2.05, 4.69) is 4.98 Å². The number of imidazole rings is 1. The van der Waals surface area contributed by atoms with Crippen LogP contribution in [0.2, 0.25) is 5.02 Å². The summed E-state index contributed by atoms with van der Waals surface area (Å²) in [7, 11) is 0. The lowest BCUT2D eigenvalue weighted by molar-refractivity contribution is 0.0675. The number of carboxylic acids is 1. The third-order valence-electron chi connectivity index (χ3n) is 4.38. The van der Waals surface area contributed by atoms with Crippen molar-refractivity contribution in [1.82, 2.24) is 14.5 Å². The van der Waals surface area contributed by atoms with E-state index in [9.17, 15) is 14.7 Å². The highest BCUT2D eigenvalue weighted by Gasteiger charge is 2.31. The summed E-state index contributed by atoms with van der Waals surface area (Å²) in [6, 6.07) is 14.6. The van der Waals surface area contributed by atoms with Crippen LogP contribution in [-0.4, -0.2) is 31.4 Å². The molecule has 0 radical (unpaired) electrons. The van der Waals surface area contributed by atoms with Crippen molar-refractivity contribution in [3.63, 3.8) is 0 Å². The van der Waals surface area contributed by atoms with Crippen molar-refractivity contribution in [2.75, 3.05) is 0 Å². The second-order valence-corrected chi connectivity index (χ2v) is 6.40. The average molecular weight is 368 g/mol. The number of carbonyl (C=O) groups is 2. The molecule has 0 spiro atoms. The van der Waals surface area contributed by atoms with E-state index in [1.807, 2.05) is 30.3 Å². The van der Waals surface area contributed by atoms with Gasteiger partial charge in [0, 0.05) is 6.54 Å². The number of aromatic nitrogens is 2. The van der Waals surface area contributed by atoms with Gasteiger partial charge in [-0.25, -0.2) is 9.78 Å². The molecule has 0 bridgehead atoms. The number of nitrogens with zero attached hydrogens (tertiary/aromatic N) is 3. The molecule has 0 unspecified atom stereocenters. The van der Waals surface area contributed by atoms with Crippen LogP contribution in [0.15, 0.2) is 54.9 Å². The molecule has 2 heterocycles. The first kappa shape index (κ1) is 16.4. The molecule has 0 atom stereocenters. The van der Waals surface area contributed by atoms with Crippen molar-refractivity contribution < 1.29 is 14.7 Å². The summed E-state index contributed by atoms with van der Waals surface area (Å²) in [5.41, 5.74) is 2.21. The van der Waals surface area contributed by atoms with E-state index in [4.69, 9.17) is 11.6 Å². The second kappa shape index (κ2) is 6.31. The van der Waals surface area contributed by atoms with Crippen molar-refractivity contribution in [1.29, 1.82) is 0 Å². The largest absolute Gasteiger partial charge is 0.476 e. The molecule has 1 aliphatic heterocycles. The number of carbonyl (C=O) groups excluding carboxylic acids is 1. The standard InChI is InChI=1S/C19H14ClN3O3/c20-13-7-4-8-14-16(13)18(24)22(9-12-5-2-1-3-6-12)10-15-17(19(25)26)21-11-23(14)15/h1-8,11H,9-10H2,(H,25,26). The van der Waals surface area contributed by atoms with Crippen LogP contribution in [0.25, 0.3) is 5.69 Å². The van der Waals surface area contributed by atoms with Gasteiger partial charge < -0.3 is 10.0 Å². The van der Waals surface area contributed by atoms with Crippen LogP contribution in [-0.2, 0) is 13.1 Å². The Bertz CT molecular complexity index is 1010. The molecular weight excluding hydrogens is 354 g/mol. The molecule has 130 valence electrons. The van der Waals surface area contributed by atoms with Crippen molar-refractivity contribution in [2.24, 2.45) is 0 Å². The topological polar surface area (TPSA) is 75.4 Å². The Hall–Kier alpha value is -3.12. The smallest absolute Gasteiger partial charge is 0.356 e. The van der Waals surface area contributed by atoms with Gasteiger partial charge in [0.25, 0.3) is 5.91 Å². The highest BCUT2D eigenvalue weighted by Crippen LogP contribution is 2.31. The molecule has 1 N–H and O–H groups in total. The predicted octanol–water partition coefficient (Wildman–Crippen LogP) is 3.38. The van der Waals surface area contributed by atoms with E-state index in [0.29, 0.717) is 28.5 Å². The average Bonchev–Trinajstić information content (AvgIpc) is 3.00. The minimum Gasteiger partial charge on any atom is -0.476 e. The summed E-state index contributed by atoms with van der Waals surface area (Å²) < 4.78 is 1.63. The summed E-state index contributed by atoms with van der Waals surface area (Å²) >= 11 is 6.32. The van der Waals surface area contributed by atoms with E-state index in [1.165, 1.54) is 6.33 Å². The zero-order valence-corrected chi connectivity index (χ0v) is 14.3. The summed E-state index contributed by atoms with van der Waals surface area (Å²) in [6.07, 6.45) is 1.42. The first-order valence-corrected chi connectivity index (χ1v) is 8.35. The van der Waals surface area contributed by atoms with E-state index in [-0.39, 0.29) is 18.1 Å². The Labute approximate surface area is 154 Å². The molecule has 4 rings (SSSR count). The van der Waals surface area contributed by atoms with Gasteiger partial charge in [-0.3, -0.25) is 9.36 Å². The van der Waals surface area contributed by atoms with Gasteiger partial charge in [0.05, 0.1) is 28.5 Å². The summed E-state index contributed by atoms with van der Waals surface area (Å²) in [5.74, 6) is -1.37. The number of halogens is 1. The molecule has 0 aliphatic carbocycles. The van der Waals surface area contributed by atoms with Gasteiger partial charge in [-0.15, -0.1) is 0 Å². The number of aromatic carboxylic acids is 1. The number of carboxylic acid groups (broad SMARTS) is 1. The highest BCUT2D eigenvalue weighted by molar-refractivity contribution is 6.34. The molecule has 1 aromatic heterocycles. The Morgan fingerprint density at radius 2 is 1.92 bits per heavy atom. The number of hydrogen-bond acceptors (Lipinski definition) is 3. The summed E-state index contributed by atoms with van der Waals surface area (Å²) in [5, 5.41) is 9.78. The van der Waals surface area contributed by atoms with Crippen LogP contribution in [0.1, 0.15) is 32.1 Å². The second-order valence-electron chi connectivity index (χ2n) is 6.00. The van der Waals surface area contributed by atoms with Gasteiger partial charge in [-0.1, -0.05) is 48.0 Å². The molecule has 1 amide bonds. The van der Waals surface area contributed by atoms with E-state index < -0.39 is 5.97 Å². The first-order chi connectivity index (χ1) is 12.6. The molecule has 0 fully saturated rings. The Kier molecular flexibility index (Phi) is 3.97. The Balaban J connectivity index is 1.89. The predicted molar refractivity (Wildman–Crippen MR) is 95.6 cm³/mol. The van der Waals surface area contributed by atoms with Crippen LogP contribution in [0.4, 0.5) is 0 Å². The quantitative estimate of drug-likeness (QED) is 0.770. The minimum absolute atomic E-state index is 0.0660. The maximum absolute atomic E-state index is 13.2. The normalized spacial score (nSPS) is 13.1. The van der Waals surface area contributed by atoms with Crippen molar-refractivity contribution in [2.45, 2.75) is 13.1 Å². The third-order valence-corrected chi connectivity index (χ3v) is 4.69. The number of benzene rings is 2. The van der Waals surface area contributed by atoms with Crippen LogP contribution in [0, 0.1) is 0 Å². The Morgan fingerprint density at radius 3 is 2.65 bits per heavy atom. The molecule has 0 saturated carbocycles. The first-order valence-electron chi connectivity index (χ1n) is 7.98. The van der Waals surface area contributed by atoms with Crippen LogP contribution < -0.4 is 0 Å². The van der Waals surface area contributed by atoms with Crippen LogP contribution >= 0.6 is 11.6 Å². The van der Waals surface area contributed by atoms with Crippen molar-refractivity contribution in [3.8, 4) is 5.69 Å². The van der Waals surface area contributed by atoms with Gasteiger partial charge in [-0.05, 0) is 17.7 Å². The van der Waals surface area contributed by atoms with Crippen molar-refractivity contribution in [3.05, 3.63) is 82.4 Å². The molecule has 2 aromatic carbocycles. The fraction of sp³-hybridized carbons (Fsp3) is 0.105. The van der Waals surface area contributed by atoms with E-state index >= 15 is 0 Å². The summed E-state index contributed by atoms with van der Waals surface area (Å²) in [4.78, 5) is 30.3. The molecule has 1 aliphatic rings. The maximum Gasteiger partial charge on any atom is 0.356 e. The number of fused-ring (bicyclic) bond motifs is 3. The van der Waals surface area contributed by atoms with Gasteiger partial charge in [-0.2, -0.15) is 0 Å². The molecular formula is C19H14ClN3O3. The van der Waals surface area contributed by atoms with Gasteiger partial charge >= 0.3 is 5.97 Å². The summed E-state index contributed by atoms with van der Waals surface area (Å²) in [6.45, 7) is 0.467. The van der Waals surface area contributed by atoms with Crippen LogP contribution in [0.5, 0.6) is 0 Å². The lowest BCUT2D eigenvalue weighted by Gasteiger charge is -2.21. The molecule has 3 aromatic rings. The lowest BCUT2D eigenvalue weighted by Crippen LogP contribution is -2.30. The zero-order valence-electron chi connectivity index (χ0n) is 13.6. The fourth-order valence-corrected chi connectivity index (χ4v) is 3.43. The van der Waals surface area contributed by atoms with E-state index in [0.717, 1.165) is 5.56 Å². The number of rotatable bonds is 3. The molecule has 6 nitrogen and oxygen atoms in total. The lowest BCUT2D eigenvalue weighted by atomic mass is 10.1. The number of hydrogen-bond donors (Lipinski definition) is 1. The maximum atomic E-state index is 13.2. The molecule has 26 heavy (non-hydrogen) atoms. The fourth-order valence-electron chi connectivity index (χ4n) is 3.18. The van der Waals surface area contributed by atoms with Crippen molar-refractivity contribution >= 4 is 23.5 Å². The van der Waals surface area contributed by atoms with Gasteiger partial charge in [0.15, 0.2) is 5.69 Å². The van der Waals surface area contributed by atoms with Gasteiger partial charge in [0.1, 0.15) is 6.33 Å². The third kappa shape index (κ3) is 2.64. The number of amides is 1. The van der Waals surface area contributed by atoms with Crippen LogP contribution in [0.3, 0.4) is 0 Å². The highest BCUT2D eigenvalue weighted by atomic mass is 35.5. The Morgan fingerprint density at radius 1 is 1.15 bits per heavy atom. The monoisotopic (exact) mass is 367 g/mol. The molecule has 0 saturated heterocycles. The SMILES string of the molecule is O=C(O)c1ncn2c1CN(Cc1ccccc1)C(=O)c1c(Cl)cccc1-2. The minimum atomic E-state index is -1.13. The zero-order chi connectivity index (χ0) is 18.3. The van der Waals surface area contributed by atoms with Gasteiger partial charge in [0.2, 0.25) is 0 Å².